The molecule has 1 saturated heterocycles. The Morgan fingerprint density at radius 2 is 1.48 bits per heavy atom. The lowest BCUT2D eigenvalue weighted by molar-refractivity contribution is -0.701. The van der Waals surface area contributed by atoms with E-state index in [1.165, 1.54) is 11.1 Å². The maximum Gasteiger partial charge on any atom is 0.315 e. The van der Waals surface area contributed by atoms with E-state index in [1.54, 1.807) is 0 Å². The van der Waals surface area contributed by atoms with Crippen molar-refractivity contribution in [1.82, 2.24) is 4.57 Å². The van der Waals surface area contributed by atoms with Crippen molar-refractivity contribution in [3.63, 3.8) is 0 Å². The summed E-state index contributed by atoms with van der Waals surface area (Å²) in [4.78, 5) is 0. The van der Waals surface area contributed by atoms with Crippen LogP contribution in [0.2, 0.25) is 0 Å². The van der Waals surface area contributed by atoms with Crippen molar-refractivity contribution in [2.45, 2.75) is 19.4 Å². The lowest BCUT2D eigenvalue weighted by Crippen LogP contribution is -3.00. The fourth-order valence-corrected chi connectivity index (χ4v) is 3.08. The van der Waals surface area contributed by atoms with Crippen molar-refractivity contribution >= 4 is 0 Å². The zero-order valence-electron chi connectivity index (χ0n) is 13.9. The molecule has 4 rings (SSSR count). The molecule has 1 aliphatic rings. The molecular weight excluding hydrogens is 380 g/mol. The highest BCUT2D eigenvalue weighted by molar-refractivity contribution is 5.16. The summed E-state index contributed by atoms with van der Waals surface area (Å²) in [7, 11) is 0. The SMILES string of the molecule is [Br-].c1ccc(Cn2cc[n+](Cc3ccccc3)c2C2OCCO2)cc1. The summed E-state index contributed by atoms with van der Waals surface area (Å²) in [5.41, 5.74) is 2.53. The number of rotatable bonds is 5. The van der Waals surface area contributed by atoms with Gasteiger partial charge in [-0.1, -0.05) is 60.7 Å². The number of ether oxygens (including phenoxy) is 2. The molecule has 0 atom stereocenters. The van der Waals surface area contributed by atoms with Crippen LogP contribution in [-0.2, 0) is 22.6 Å². The van der Waals surface area contributed by atoms with Crippen LogP contribution in [0.4, 0.5) is 0 Å². The number of imidazole rings is 1. The molecule has 2 aromatic carbocycles. The molecule has 0 radical (unpaired) electrons. The topological polar surface area (TPSA) is 27.3 Å². The van der Waals surface area contributed by atoms with E-state index in [2.05, 4.69) is 70.1 Å². The van der Waals surface area contributed by atoms with E-state index in [4.69, 9.17) is 9.47 Å². The second-order valence-electron chi connectivity index (χ2n) is 5.96. The smallest absolute Gasteiger partial charge is 0.315 e. The Labute approximate surface area is 158 Å². The largest absolute Gasteiger partial charge is 1.00 e. The molecule has 0 N–H and O–H groups in total. The van der Waals surface area contributed by atoms with Crippen LogP contribution >= 0.6 is 0 Å². The average Bonchev–Trinajstić information content (AvgIpc) is 3.27. The predicted octanol–water partition coefficient (Wildman–Crippen LogP) is -0.0784. The van der Waals surface area contributed by atoms with E-state index in [1.807, 2.05) is 12.1 Å². The van der Waals surface area contributed by atoms with Crippen LogP contribution in [0.3, 0.4) is 0 Å². The summed E-state index contributed by atoms with van der Waals surface area (Å²) in [6, 6.07) is 20.9. The minimum atomic E-state index is -0.299. The Balaban J connectivity index is 0.00000182. The molecule has 1 fully saturated rings. The van der Waals surface area contributed by atoms with Gasteiger partial charge in [0, 0.05) is 0 Å². The van der Waals surface area contributed by atoms with Gasteiger partial charge >= 0.3 is 5.82 Å². The number of benzene rings is 2. The molecule has 2 heterocycles. The van der Waals surface area contributed by atoms with Crippen LogP contribution in [0.25, 0.3) is 0 Å². The molecule has 0 unspecified atom stereocenters. The first-order valence-electron chi connectivity index (χ1n) is 8.30. The number of halogens is 1. The van der Waals surface area contributed by atoms with Gasteiger partial charge in [-0.2, -0.15) is 0 Å². The van der Waals surface area contributed by atoms with Crippen LogP contribution < -0.4 is 21.5 Å². The van der Waals surface area contributed by atoms with Gasteiger partial charge in [0.15, 0.2) is 0 Å². The molecule has 0 saturated carbocycles. The summed E-state index contributed by atoms with van der Waals surface area (Å²) in [6.45, 7) is 2.90. The molecular formula is C20H21BrN2O2. The first kappa shape index (κ1) is 17.9. The Hall–Kier alpha value is -1.95. The van der Waals surface area contributed by atoms with E-state index in [-0.39, 0.29) is 23.3 Å². The standard InChI is InChI=1S/C20H21N2O2.BrH/c1-3-7-17(8-4-1)15-21-11-12-22(16-18-9-5-2-6-10-18)19(21)20-23-13-14-24-20;/h1-12,20H,13-16H2;1H/q+1;/p-1. The third-order valence-electron chi connectivity index (χ3n) is 4.24. The lowest BCUT2D eigenvalue weighted by Gasteiger charge is -2.10. The minimum Gasteiger partial charge on any atom is -1.00 e. The molecule has 0 amide bonds. The van der Waals surface area contributed by atoms with E-state index in [0.29, 0.717) is 13.2 Å². The highest BCUT2D eigenvalue weighted by Crippen LogP contribution is 2.22. The van der Waals surface area contributed by atoms with Crippen LogP contribution in [0.15, 0.2) is 73.1 Å². The normalized spacial score (nSPS) is 14.4. The summed E-state index contributed by atoms with van der Waals surface area (Å²) in [6.07, 6.45) is 3.92. The summed E-state index contributed by atoms with van der Waals surface area (Å²) in [5.74, 6) is 1.06. The van der Waals surface area contributed by atoms with Gasteiger partial charge in [-0.15, -0.1) is 0 Å². The average molecular weight is 401 g/mol. The first-order chi connectivity index (χ1) is 11.9. The number of aromatic nitrogens is 2. The summed E-state index contributed by atoms with van der Waals surface area (Å²) in [5, 5.41) is 0. The van der Waals surface area contributed by atoms with Crippen LogP contribution in [0.1, 0.15) is 23.2 Å². The maximum atomic E-state index is 5.79. The van der Waals surface area contributed by atoms with E-state index < -0.39 is 0 Å². The van der Waals surface area contributed by atoms with Crippen molar-refractivity contribution in [3.8, 4) is 0 Å². The molecule has 0 spiro atoms. The van der Waals surface area contributed by atoms with Crippen LogP contribution in [0.5, 0.6) is 0 Å². The van der Waals surface area contributed by atoms with Gasteiger partial charge in [0.05, 0.1) is 13.2 Å². The molecule has 130 valence electrons. The second-order valence-corrected chi connectivity index (χ2v) is 5.96. The molecule has 0 bridgehead atoms. The van der Waals surface area contributed by atoms with E-state index >= 15 is 0 Å². The Bertz CT molecular complexity index is 725. The molecule has 5 heteroatoms. The van der Waals surface area contributed by atoms with Gasteiger partial charge in [0.2, 0.25) is 0 Å². The van der Waals surface area contributed by atoms with Crippen molar-refractivity contribution in [2.24, 2.45) is 0 Å². The third kappa shape index (κ3) is 4.18. The van der Waals surface area contributed by atoms with Gasteiger partial charge in [0.1, 0.15) is 25.5 Å². The van der Waals surface area contributed by atoms with Crippen molar-refractivity contribution in [2.75, 3.05) is 13.2 Å². The van der Waals surface area contributed by atoms with Gasteiger partial charge in [-0.3, -0.25) is 0 Å². The highest BCUT2D eigenvalue weighted by atomic mass is 79.9. The zero-order chi connectivity index (χ0) is 16.2. The number of hydrogen-bond acceptors (Lipinski definition) is 2. The lowest BCUT2D eigenvalue weighted by atomic mass is 10.2. The molecule has 1 aromatic heterocycles. The van der Waals surface area contributed by atoms with E-state index in [0.717, 1.165) is 18.9 Å². The molecule has 1 aliphatic heterocycles. The predicted molar refractivity (Wildman–Crippen MR) is 90.4 cm³/mol. The van der Waals surface area contributed by atoms with Gasteiger partial charge in [0.25, 0.3) is 6.29 Å². The fourth-order valence-electron chi connectivity index (χ4n) is 3.08. The van der Waals surface area contributed by atoms with Crippen molar-refractivity contribution in [1.29, 1.82) is 0 Å². The minimum absolute atomic E-state index is 0. The summed E-state index contributed by atoms with van der Waals surface area (Å²) < 4.78 is 16.0. The Morgan fingerprint density at radius 1 is 0.880 bits per heavy atom. The monoisotopic (exact) mass is 400 g/mol. The van der Waals surface area contributed by atoms with Crippen LogP contribution in [-0.4, -0.2) is 17.8 Å². The maximum absolute atomic E-state index is 5.79. The number of hydrogen-bond donors (Lipinski definition) is 0. The fraction of sp³-hybridized carbons (Fsp3) is 0.250. The van der Waals surface area contributed by atoms with Gasteiger partial charge in [-0.05, 0) is 11.1 Å². The molecule has 3 aromatic rings. The van der Waals surface area contributed by atoms with Gasteiger partial charge < -0.3 is 26.5 Å². The zero-order valence-corrected chi connectivity index (χ0v) is 15.5. The summed E-state index contributed by atoms with van der Waals surface area (Å²) >= 11 is 0. The quantitative estimate of drug-likeness (QED) is 0.560. The Kier molecular flexibility index (Phi) is 6.02. The van der Waals surface area contributed by atoms with Crippen LogP contribution in [0, 0.1) is 0 Å². The molecule has 25 heavy (non-hydrogen) atoms. The van der Waals surface area contributed by atoms with Gasteiger partial charge in [-0.25, -0.2) is 9.13 Å². The first-order valence-corrected chi connectivity index (χ1v) is 8.30. The van der Waals surface area contributed by atoms with Crippen molar-refractivity contribution in [3.05, 3.63) is 90.0 Å². The van der Waals surface area contributed by atoms with E-state index in [9.17, 15) is 0 Å². The Morgan fingerprint density at radius 3 is 2.12 bits per heavy atom. The number of nitrogens with zero attached hydrogens (tertiary/aromatic N) is 2. The molecule has 0 aliphatic carbocycles. The van der Waals surface area contributed by atoms with Crippen molar-refractivity contribution < 1.29 is 31.0 Å². The highest BCUT2D eigenvalue weighted by Gasteiger charge is 2.32. The third-order valence-corrected chi connectivity index (χ3v) is 4.24. The molecule has 4 nitrogen and oxygen atoms in total. The second kappa shape index (κ2) is 8.43.